The maximum atomic E-state index is 13.1. The van der Waals surface area contributed by atoms with Crippen molar-refractivity contribution in [1.29, 1.82) is 5.26 Å². The number of hydrogen-bond acceptors (Lipinski definition) is 5. The minimum absolute atomic E-state index is 0.0850. The molecule has 4 amide bonds. The van der Waals surface area contributed by atoms with Crippen LogP contribution in [0.1, 0.15) is 73.6 Å². The lowest BCUT2D eigenvalue weighted by Crippen LogP contribution is -2.60. The maximum absolute atomic E-state index is 13.1. The minimum atomic E-state index is -5.18. The summed E-state index contributed by atoms with van der Waals surface area (Å²) in [4.78, 5) is 49.9. The van der Waals surface area contributed by atoms with Gasteiger partial charge in [-0.15, -0.1) is 0 Å². The molecule has 1 aliphatic carbocycles. The topological polar surface area (TPSA) is 140 Å². The van der Waals surface area contributed by atoms with Crippen LogP contribution < -0.4 is 21.3 Å². The van der Waals surface area contributed by atoms with Crippen LogP contribution in [-0.4, -0.2) is 53.5 Å². The second kappa shape index (κ2) is 10.3. The maximum Gasteiger partial charge on any atom is 0.471 e. The van der Waals surface area contributed by atoms with E-state index >= 15 is 0 Å². The van der Waals surface area contributed by atoms with E-state index in [0.717, 1.165) is 12.8 Å². The Morgan fingerprint density at radius 2 is 1.67 bits per heavy atom. The van der Waals surface area contributed by atoms with E-state index in [1.807, 2.05) is 26.8 Å². The summed E-state index contributed by atoms with van der Waals surface area (Å²) >= 11 is 0. The second-order valence-electron chi connectivity index (χ2n) is 12.0. The Bertz CT molecular complexity index is 932. The summed E-state index contributed by atoms with van der Waals surface area (Å²) in [7, 11) is 0. The van der Waals surface area contributed by atoms with E-state index in [2.05, 4.69) is 16.0 Å². The van der Waals surface area contributed by atoms with Crippen LogP contribution in [0.25, 0.3) is 0 Å². The van der Waals surface area contributed by atoms with Crippen LogP contribution in [0.15, 0.2) is 0 Å². The van der Waals surface area contributed by atoms with E-state index in [1.54, 1.807) is 5.32 Å². The van der Waals surface area contributed by atoms with Gasteiger partial charge >= 0.3 is 12.1 Å². The van der Waals surface area contributed by atoms with Gasteiger partial charge in [0.25, 0.3) is 0 Å². The van der Waals surface area contributed by atoms with E-state index in [4.69, 9.17) is 0 Å². The van der Waals surface area contributed by atoms with Crippen molar-refractivity contribution in [3.05, 3.63) is 0 Å². The fourth-order valence-corrected chi connectivity index (χ4v) is 4.35. The van der Waals surface area contributed by atoms with Crippen molar-refractivity contribution in [1.82, 2.24) is 21.3 Å². The first-order valence-corrected chi connectivity index (χ1v) is 12.0. The van der Waals surface area contributed by atoms with Crippen molar-refractivity contribution in [3.8, 4) is 6.07 Å². The SMILES string of the molecule is CC1(C[C@H](NC(=O)[C@@H](NC(=O)C(F)(F)F)C(C)(C)C)C(=O)N[C@H](C#N)C[C@@H]2CC(C)(C)NC2=O)CC1. The van der Waals surface area contributed by atoms with Crippen LogP contribution in [0.4, 0.5) is 13.2 Å². The van der Waals surface area contributed by atoms with Gasteiger partial charge in [0.05, 0.1) is 6.07 Å². The molecule has 0 aromatic carbocycles. The Morgan fingerprint density at radius 1 is 1.08 bits per heavy atom. The number of carbonyl (C=O) groups excluding carboxylic acids is 4. The fraction of sp³-hybridized carbons (Fsp3) is 0.792. The molecule has 12 heteroatoms. The molecule has 0 unspecified atom stereocenters. The summed E-state index contributed by atoms with van der Waals surface area (Å²) in [5.41, 5.74) is -1.75. The van der Waals surface area contributed by atoms with E-state index in [-0.39, 0.29) is 24.2 Å². The summed E-state index contributed by atoms with van der Waals surface area (Å²) in [6.07, 6.45) is -2.78. The average molecular weight is 516 g/mol. The molecule has 1 saturated heterocycles. The lowest BCUT2D eigenvalue weighted by molar-refractivity contribution is -0.175. The molecule has 2 rings (SSSR count). The van der Waals surface area contributed by atoms with E-state index in [1.165, 1.54) is 20.8 Å². The normalized spacial score (nSPS) is 22.9. The molecule has 9 nitrogen and oxygen atoms in total. The van der Waals surface area contributed by atoms with Gasteiger partial charge in [0.15, 0.2) is 0 Å². The predicted octanol–water partition coefficient (Wildman–Crippen LogP) is 2.07. The molecular formula is C24H36F3N5O4. The Kier molecular flexibility index (Phi) is 8.38. The zero-order chi connectivity index (χ0) is 27.7. The Hall–Kier alpha value is -2.84. The predicted molar refractivity (Wildman–Crippen MR) is 124 cm³/mol. The van der Waals surface area contributed by atoms with Crippen molar-refractivity contribution in [2.75, 3.05) is 0 Å². The molecule has 0 radical (unpaired) electrons. The molecule has 36 heavy (non-hydrogen) atoms. The summed E-state index contributed by atoms with van der Waals surface area (Å²) < 4.78 is 38.5. The fourth-order valence-electron chi connectivity index (χ4n) is 4.35. The number of halogens is 3. The third-order valence-electron chi connectivity index (χ3n) is 6.68. The average Bonchev–Trinajstić information content (AvgIpc) is 3.37. The van der Waals surface area contributed by atoms with Gasteiger partial charge in [-0.3, -0.25) is 19.2 Å². The van der Waals surface area contributed by atoms with Gasteiger partial charge in [-0.25, -0.2) is 0 Å². The molecule has 2 fully saturated rings. The Labute approximate surface area is 209 Å². The number of rotatable bonds is 9. The van der Waals surface area contributed by atoms with Gasteiger partial charge in [-0.1, -0.05) is 27.7 Å². The smallest absolute Gasteiger partial charge is 0.351 e. The molecule has 2 aliphatic rings. The highest BCUT2D eigenvalue weighted by Gasteiger charge is 2.46. The molecule has 202 valence electrons. The van der Waals surface area contributed by atoms with Crippen LogP contribution in [0.2, 0.25) is 0 Å². The molecule has 0 spiro atoms. The molecule has 0 aromatic rings. The lowest BCUT2D eigenvalue weighted by atomic mass is 9.85. The molecule has 0 aromatic heterocycles. The molecule has 0 bridgehead atoms. The number of amides is 4. The summed E-state index contributed by atoms with van der Waals surface area (Å²) in [6.45, 7) is 10.1. The molecule has 1 saturated carbocycles. The molecular weight excluding hydrogens is 479 g/mol. The summed E-state index contributed by atoms with van der Waals surface area (Å²) in [5, 5.41) is 19.2. The number of nitriles is 1. The molecule has 4 N–H and O–H groups in total. The highest BCUT2D eigenvalue weighted by Crippen LogP contribution is 2.49. The summed E-state index contributed by atoms with van der Waals surface area (Å²) in [5.74, 6) is -4.54. The van der Waals surface area contributed by atoms with Gasteiger partial charge in [0.2, 0.25) is 17.7 Å². The quantitative estimate of drug-likeness (QED) is 0.372. The number of alkyl halides is 3. The number of nitrogens with zero attached hydrogens (tertiary/aromatic N) is 1. The van der Waals surface area contributed by atoms with Crippen LogP contribution in [-0.2, 0) is 19.2 Å². The number of nitrogens with one attached hydrogen (secondary N) is 4. The monoisotopic (exact) mass is 515 g/mol. The van der Waals surface area contributed by atoms with Gasteiger partial charge in [-0.2, -0.15) is 18.4 Å². The van der Waals surface area contributed by atoms with E-state index in [9.17, 15) is 37.6 Å². The summed E-state index contributed by atoms with van der Waals surface area (Å²) in [6, 6.07) is -1.73. The van der Waals surface area contributed by atoms with Gasteiger partial charge in [-0.05, 0) is 56.8 Å². The van der Waals surface area contributed by atoms with Crippen LogP contribution in [0.3, 0.4) is 0 Å². The zero-order valence-electron chi connectivity index (χ0n) is 21.6. The van der Waals surface area contributed by atoms with Crippen LogP contribution in [0.5, 0.6) is 0 Å². The third kappa shape index (κ3) is 8.10. The Balaban J connectivity index is 2.16. The van der Waals surface area contributed by atoms with Crippen LogP contribution >= 0.6 is 0 Å². The van der Waals surface area contributed by atoms with Crippen molar-refractivity contribution in [3.63, 3.8) is 0 Å². The molecule has 4 atom stereocenters. The number of hydrogen-bond donors (Lipinski definition) is 4. The van der Waals surface area contributed by atoms with Gasteiger partial charge < -0.3 is 21.3 Å². The van der Waals surface area contributed by atoms with Crippen molar-refractivity contribution < 1.29 is 32.3 Å². The highest BCUT2D eigenvalue weighted by atomic mass is 19.4. The van der Waals surface area contributed by atoms with Gasteiger partial charge in [0.1, 0.15) is 18.1 Å². The molecule has 1 heterocycles. The van der Waals surface area contributed by atoms with Crippen molar-refractivity contribution in [2.24, 2.45) is 16.7 Å². The van der Waals surface area contributed by atoms with E-state index in [0.29, 0.717) is 6.42 Å². The van der Waals surface area contributed by atoms with Crippen molar-refractivity contribution in [2.45, 2.75) is 103 Å². The largest absolute Gasteiger partial charge is 0.471 e. The number of carbonyl (C=O) groups is 4. The van der Waals surface area contributed by atoms with Crippen LogP contribution in [0, 0.1) is 28.1 Å². The van der Waals surface area contributed by atoms with E-state index < -0.39 is 58.9 Å². The zero-order valence-corrected chi connectivity index (χ0v) is 21.6. The van der Waals surface area contributed by atoms with Crippen molar-refractivity contribution >= 4 is 23.6 Å². The Morgan fingerprint density at radius 3 is 2.08 bits per heavy atom. The first kappa shape index (κ1) is 29.4. The standard InChI is InChI=1S/C24H36F3N5O4/c1-21(2,3)16(31-20(36)24(25,26)27)19(35)30-15(11-23(6)7-8-23)18(34)29-14(12-28)9-13-10-22(4,5)32-17(13)33/h13-16H,7-11H2,1-6H3,(H,29,34)(H,30,35)(H,31,36)(H,32,33)/t13-,14+,15+,16-/m1/s1. The van der Waals surface area contributed by atoms with Gasteiger partial charge in [0, 0.05) is 11.5 Å². The molecule has 1 aliphatic heterocycles. The second-order valence-corrected chi connectivity index (χ2v) is 12.0. The first-order chi connectivity index (χ1) is 16.3. The third-order valence-corrected chi connectivity index (χ3v) is 6.68. The lowest BCUT2D eigenvalue weighted by Gasteiger charge is -2.32. The highest BCUT2D eigenvalue weighted by molar-refractivity contribution is 5.93. The minimum Gasteiger partial charge on any atom is -0.351 e. The first-order valence-electron chi connectivity index (χ1n) is 12.0.